The Bertz CT molecular complexity index is 966. The number of hydrogen-bond donors (Lipinski definition) is 5. The second-order valence-corrected chi connectivity index (χ2v) is 8.20. The van der Waals surface area contributed by atoms with Crippen LogP contribution in [0.4, 0.5) is 13.2 Å². The van der Waals surface area contributed by atoms with Crippen LogP contribution in [0.2, 0.25) is 0 Å². The molecule has 8 heteroatoms. The molecule has 0 radical (unpaired) electrons. The van der Waals surface area contributed by atoms with Crippen LogP contribution >= 0.6 is 0 Å². The number of hydrazine groups is 1. The van der Waals surface area contributed by atoms with Crippen molar-refractivity contribution in [1.29, 1.82) is 0 Å². The minimum absolute atomic E-state index is 0.119. The third-order valence-electron chi connectivity index (χ3n) is 5.49. The lowest BCUT2D eigenvalue weighted by Crippen LogP contribution is -2.44. The molecule has 1 heterocycles. The van der Waals surface area contributed by atoms with Gasteiger partial charge in [0.25, 0.3) is 0 Å². The van der Waals surface area contributed by atoms with Crippen LogP contribution in [0.15, 0.2) is 66.2 Å². The first-order chi connectivity index (χ1) is 18.2. The Balaban J connectivity index is 0.000000750. The molecule has 0 unspecified atom stereocenters. The molecule has 2 aromatic carbocycles. The Morgan fingerprint density at radius 1 is 0.816 bits per heavy atom. The summed E-state index contributed by atoms with van der Waals surface area (Å²) < 4.78 is 39.9. The second kappa shape index (κ2) is 19.9. The predicted molar refractivity (Wildman–Crippen MR) is 156 cm³/mol. The van der Waals surface area contributed by atoms with Crippen LogP contribution in [0, 0.1) is 6.92 Å². The van der Waals surface area contributed by atoms with Gasteiger partial charge in [-0.3, -0.25) is 10.9 Å². The molecule has 0 spiro atoms. The van der Waals surface area contributed by atoms with Gasteiger partial charge in [0, 0.05) is 25.7 Å². The maximum atomic E-state index is 13.3. The van der Waals surface area contributed by atoms with E-state index in [9.17, 15) is 13.2 Å². The SMILES string of the molecule is CC.CCCC.CCc1ccccc1C.CNCCNC1=C(c2ccccc2C(F)(F)F)C=C(NC)NN1. The van der Waals surface area contributed by atoms with E-state index in [1.807, 2.05) is 20.9 Å². The first-order valence-electron chi connectivity index (χ1n) is 13.5. The molecular formula is C30H48F3N5. The monoisotopic (exact) mass is 535 g/mol. The number of unbranched alkanes of at least 4 members (excludes halogenated alkanes) is 1. The number of halogens is 3. The lowest BCUT2D eigenvalue weighted by atomic mass is 9.98. The van der Waals surface area contributed by atoms with Crippen LogP contribution in [-0.4, -0.2) is 27.2 Å². The molecule has 3 rings (SSSR count). The molecule has 0 aromatic heterocycles. The molecule has 2 aromatic rings. The third kappa shape index (κ3) is 12.4. The number of rotatable bonds is 8. The minimum Gasteiger partial charge on any atom is -0.374 e. The summed E-state index contributed by atoms with van der Waals surface area (Å²) in [4.78, 5) is 0. The normalized spacial score (nSPS) is 12.1. The Kier molecular flexibility index (Phi) is 18.3. The molecule has 38 heavy (non-hydrogen) atoms. The molecule has 1 aliphatic heterocycles. The lowest BCUT2D eigenvalue weighted by Gasteiger charge is -2.26. The number of likely N-dealkylation sites (N-methyl/N-ethyl adjacent to an activating group) is 1. The zero-order valence-corrected chi connectivity index (χ0v) is 24.4. The highest BCUT2D eigenvalue weighted by atomic mass is 19.4. The molecule has 1 aliphatic rings. The summed E-state index contributed by atoms with van der Waals surface area (Å²) in [5.41, 5.74) is 8.53. The standard InChI is InChI=1S/C15H20F3N5.C9H12.C4H10.C2H6/c1-19-7-8-21-14-11(9-13(20-2)22-23-14)10-5-3-4-6-12(10)15(16,17)18;1-3-9-7-5-4-6-8(9)2;1-3-4-2;1-2/h3-6,9,19-23H,7-8H2,1-2H3;4-7H,3H2,1-2H3;3-4H2,1-2H3;1-2H3. The molecule has 0 atom stereocenters. The van der Waals surface area contributed by atoms with Crippen LogP contribution in [-0.2, 0) is 12.6 Å². The van der Waals surface area contributed by atoms with Gasteiger partial charge in [0.1, 0.15) is 11.6 Å². The Hall–Kier alpha value is -3.13. The van der Waals surface area contributed by atoms with Gasteiger partial charge in [-0.25, -0.2) is 0 Å². The second-order valence-electron chi connectivity index (χ2n) is 8.20. The van der Waals surface area contributed by atoms with Gasteiger partial charge < -0.3 is 16.0 Å². The molecule has 0 amide bonds. The van der Waals surface area contributed by atoms with E-state index in [1.165, 1.54) is 36.1 Å². The Morgan fingerprint density at radius 2 is 1.42 bits per heavy atom. The molecule has 5 nitrogen and oxygen atoms in total. The molecule has 0 saturated heterocycles. The van der Waals surface area contributed by atoms with Crippen LogP contribution in [0.1, 0.15) is 69.7 Å². The van der Waals surface area contributed by atoms with E-state index in [4.69, 9.17) is 0 Å². The molecule has 0 saturated carbocycles. The van der Waals surface area contributed by atoms with Crippen molar-refractivity contribution >= 4 is 5.57 Å². The molecule has 0 bridgehead atoms. The third-order valence-corrected chi connectivity index (χ3v) is 5.49. The van der Waals surface area contributed by atoms with Crippen molar-refractivity contribution in [2.24, 2.45) is 0 Å². The van der Waals surface area contributed by atoms with Gasteiger partial charge in [-0.05, 0) is 49.2 Å². The number of hydrogen-bond acceptors (Lipinski definition) is 5. The molecule has 0 aliphatic carbocycles. The van der Waals surface area contributed by atoms with E-state index >= 15 is 0 Å². The summed E-state index contributed by atoms with van der Waals surface area (Å²) in [5, 5.41) is 8.96. The van der Waals surface area contributed by atoms with Gasteiger partial charge in [0.15, 0.2) is 0 Å². The van der Waals surface area contributed by atoms with E-state index in [0.717, 1.165) is 12.5 Å². The summed E-state index contributed by atoms with van der Waals surface area (Å²) >= 11 is 0. The summed E-state index contributed by atoms with van der Waals surface area (Å²) in [6, 6.07) is 14.0. The fraction of sp³-hybridized carbons (Fsp3) is 0.467. The number of alkyl halides is 3. The maximum Gasteiger partial charge on any atom is 0.417 e. The van der Waals surface area contributed by atoms with Gasteiger partial charge in [-0.15, -0.1) is 0 Å². The highest BCUT2D eigenvalue weighted by Gasteiger charge is 2.34. The zero-order chi connectivity index (χ0) is 29.0. The summed E-state index contributed by atoms with van der Waals surface area (Å²) in [6.45, 7) is 13.9. The van der Waals surface area contributed by atoms with Gasteiger partial charge in [-0.2, -0.15) is 13.2 Å². The van der Waals surface area contributed by atoms with Crippen molar-refractivity contribution in [3.63, 3.8) is 0 Å². The highest BCUT2D eigenvalue weighted by Crippen LogP contribution is 2.36. The lowest BCUT2D eigenvalue weighted by molar-refractivity contribution is -0.137. The molecule has 0 fully saturated rings. The Morgan fingerprint density at radius 3 is 1.92 bits per heavy atom. The smallest absolute Gasteiger partial charge is 0.374 e. The number of nitrogens with one attached hydrogen (secondary N) is 5. The van der Waals surface area contributed by atoms with E-state index in [-0.39, 0.29) is 5.56 Å². The highest BCUT2D eigenvalue weighted by molar-refractivity contribution is 5.79. The molecule has 5 N–H and O–H groups in total. The van der Waals surface area contributed by atoms with Gasteiger partial charge >= 0.3 is 6.18 Å². The van der Waals surface area contributed by atoms with Crippen LogP contribution in [0.3, 0.4) is 0 Å². The van der Waals surface area contributed by atoms with Crippen molar-refractivity contribution in [3.05, 3.63) is 88.5 Å². The van der Waals surface area contributed by atoms with E-state index < -0.39 is 11.7 Å². The van der Waals surface area contributed by atoms with Gasteiger partial charge in [-0.1, -0.05) is 89.9 Å². The fourth-order valence-electron chi connectivity index (χ4n) is 3.22. The van der Waals surface area contributed by atoms with E-state index in [2.05, 4.69) is 78.8 Å². The van der Waals surface area contributed by atoms with Crippen molar-refractivity contribution < 1.29 is 13.2 Å². The van der Waals surface area contributed by atoms with Crippen LogP contribution in [0.5, 0.6) is 0 Å². The largest absolute Gasteiger partial charge is 0.417 e. The Labute approximate surface area is 228 Å². The van der Waals surface area contributed by atoms with Crippen LogP contribution < -0.4 is 26.8 Å². The molecular weight excluding hydrogens is 487 g/mol. The van der Waals surface area contributed by atoms with Gasteiger partial charge in [0.2, 0.25) is 0 Å². The summed E-state index contributed by atoms with van der Waals surface area (Å²) in [5.74, 6) is 1.08. The molecule has 214 valence electrons. The van der Waals surface area contributed by atoms with Crippen molar-refractivity contribution in [1.82, 2.24) is 26.8 Å². The van der Waals surface area contributed by atoms with E-state index in [0.29, 0.717) is 30.3 Å². The maximum absolute atomic E-state index is 13.3. The summed E-state index contributed by atoms with van der Waals surface area (Å²) in [7, 11) is 3.49. The van der Waals surface area contributed by atoms with E-state index in [1.54, 1.807) is 19.2 Å². The first kappa shape index (κ1) is 34.9. The zero-order valence-electron chi connectivity index (χ0n) is 24.4. The number of aryl methyl sites for hydroxylation is 2. The topological polar surface area (TPSA) is 60.1 Å². The van der Waals surface area contributed by atoms with Gasteiger partial charge in [0.05, 0.1) is 5.56 Å². The van der Waals surface area contributed by atoms with Crippen molar-refractivity contribution in [2.75, 3.05) is 27.2 Å². The van der Waals surface area contributed by atoms with Crippen LogP contribution in [0.25, 0.3) is 5.57 Å². The average Bonchev–Trinajstić information content (AvgIpc) is 2.94. The quantitative estimate of drug-likeness (QED) is 0.242. The minimum atomic E-state index is -4.42. The van der Waals surface area contributed by atoms with Crippen molar-refractivity contribution in [3.8, 4) is 0 Å². The predicted octanol–water partition coefficient (Wildman–Crippen LogP) is 6.74. The average molecular weight is 536 g/mol. The summed E-state index contributed by atoms with van der Waals surface area (Å²) in [6.07, 6.45) is 1.01. The first-order valence-corrected chi connectivity index (χ1v) is 13.5. The number of benzene rings is 2. The number of allylic oxidation sites excluding steroid dienone is 2. The fourth-order valence-corrected chi connectivity index (χ4v) is 3.22. The van der Waals surface area contributed by atoms with Crippen molar-refractivity contribution in [2.45, 2.75) is 67.0 Å².